The van der Waals surface area contributed by atoms with Gasteiger partial charge in [-0.2, -0.15) is 0 Å². The predicted octanol–water partition coefficient (Wildman–Crippen LogP) is 4.33. The molecule has 0 radical (unpaired) electrons. The number of anilines is 1. The van der Waals surface area contributed by atoms with Crippen LogP contribution in [0.1, 0.15) is 44.7 Å². The lowest BCUT2D eigenvalue weighted by Gasteiger charge is -2.40. The van der Waals surface area contributed by atoms with Crippen LogP contribution in [0.4, 0.5) is 5.69 Å². The molecule has 5 nitrogen and oxygen atoms in total. The van der Waals surface area contributed by atoms with E-state index >= 15 is 0 Å². The number of ether oxygens (including phenoxy) is 2. The van der Waals surface area contributed by atoms with Gasteiger partial charge in [-0.15, -0.1) is 0 Å². The van der Waals surface area contributed by atoms with E-state index in [1.807, 2.05) is 50.2 Å². The van der Waals surface area contributed by atoms with Crippen molar-refractivity contribution in [2.75, 3.05) is 24.6 Å². The van der Waals surface area contributed by atoms with Gasteiger partial charge in [-0.3, -0.25) is 4.79 Å². The van der Waals surface area contributed by atoms with Crippen LogP contribution in [0.25, 0.3) is 0 Å². The molecule has 0 bridgehead atoms. The second-order valence-electron chi connectivity index (χ2n) is 8.08. The Labute approximate surface area is 173 Å². The Kier molecular flexibility index (Phi) is 5.93. The quantitative estimate of drug-likeness (QED) is 0.688. The van der Waals surface area contributed by atoms with Crippen LogP contribution in [-0.4, -0.2) is 31.7 Å². The van der Waals surface area contributed by atoms with Crippen LogP contribution in [0.5, 0.6) is 11.5 Å². The fraction of sp³-hybridized carbons (Fsp3) is 0.458. The molecule has 1 amide bonds. The van der Waals surface area contributed by atoms with Gasteiger partial charge in [-0.1, -0.05) is 12.1 Å². The highest BCUT2D eigenvalue weighted by atomic mass is 16.5. The summed E-state index contributed by atoms with van der Waals surface area (Å²) >= 11 is 0. The fourth-order valence-corrected chi connectivity index (χ4v) is 3.64. The average Bonchev–Trinajstić information content (AvgIpc) is 3.50. The van der Waals surface area contributed by atoms with E-state index in [-0.39, 0.29) is 18.1 Å². The minimum atomic E-state index is 0.0224. The zero-order valence-corrected chi connectivity index (χ0v) is 17.3. The highest BCUT2D eigenvalue weighted by Crippen LogP contribution is 2.32. The molecule has 0 unspecified atom stereocenters. The van der Waals surface area contributed by atoms with Gasteiger partial charge >= 0.3 is 0 Å². The minimum Gasteiger partial charge on any atom is -0.494 e. The first kappa shape index (κ1) is 19.6. The van der Waals surface area contributed by atoms with Crippen LogP contribution in [0.15, 0.2) is 48.5 Å². The summed E-state index contributed by atoms with van der Waals surface area (Å²) in [6.45, 7) is 6.46. The fourth-order valence-electron chi connectivity index (χ4n) is 3.64. The number of amides is 1. The van der Waals surface area contributed by atoms with Gasteiger partial charge < -0.3 is 19.7 Å². The maximum Gasteiger partial charge on any atom is 0.220 e. The Morgan fingerprint density at radius 1 is 1.07 bits per heavy atom. The van der Waals surface area contributed by atoms with Crippen molar-refractivity contribution < 1.29 is 14.3 Å². The van der Waals surface area contributed by atoms with E-state index in [1.165, 1.54) is 18.5 Å². The van der Waals surface area contributed by atoms with Crippen molar-refractivity contribution in [3.63, 3.8) is 0 Å². The third-order valence-corrected chi connectivity index (χ3v) is 5.59. The molecule has 5 heteroatoms. The molecular formula is C24H30N2O3. The third-order valence-electron chi connectivity index (χ3n) is 5.59. The van der Waals surface area contributed by atoms with E-state index < -0.39 is 0 Å². The SMILES string of the molecule is CCOc1ccc(N2CC(Oc3ccc([C@H](C)NC(=O)CC4CC4)cc3)C2)cc1. The van der Waals surface area contributed by atoms with E-state index in [4.69, 9.17) is 9.47 Å². The summed E-state index contributed by atoms with van der Waals surface area (Å²) in [5.74, 6) is 2.55. The van der Waals surface area contributed by atoms with Crippen LogP contribution < -0.4 is 19.7 Å². The smallest absolute Gasteiger partial charge is 0.220 e. The lowest BCUT2D eigenvalue weighted by molar-refractivity contribution is -0.122. The normalized spacial score (nSPS) is 17.4. The van der Waals surface area contributed by atoms with Gasteiger partial charge in [-0.25, -0.2) is 0 Å². The largest absolute Gasteiger partial charge is 0.494 e. The van der Waals surface area contributed by atoms with Gasteiger partial charge in [0.25, 0.3) is 0 Å². The second kappa shape index (κ2) is 8.76. The van der Waals surface area contributed by atoms with E-state index in [0.29, 0.717) is 18.9 Å². The molecule has 1 aliphatic carbocycles. The summed E-state index contributed by atoms with van der Waals surface area (Å²) in [4.78, 5) is 14.3. The molecule has 1 heterocycles. The average molecular weight is 395 g/mol. The molecule has 29 heavy (non-hydrogen) atoms. The van der Waals surface area contributed by atoms with Crippen LogP contribution in [0, 0.1) is 5.92 Å². The van der Waals surface area contributed by atoms with Gasteiger partial charge in [0, 0.05) is 12.1 Å². The molecule has 1 saturated heterocycles. The summed E-state index contributed by atoms with van der Waals surface area (Å²) in [5.41, 5.74) is 2.30. The first-order chi connectivity index (χ1) is 14.1. The monoisotopic (exact) mass is 394 g/mol. The molecule has 4 rings (SSSR count). The summed E-state index contributed by atoms with van der Waals surface area (Å²) in [5, 5.41) is 3.09. The second-order valence-corrected chi connectivity index (χ2v) is 8.08. The van der Waals surface area contributed by atoms with E-state index in [1.54, 1.807) is 0 Å². The highest BCUT2D eigenvalue weighted by Gasteiger charge is 2.29. The molecule has 1 saturated carbocycles. The van der Waals surface area contributed by atoms with Gasteiger partial charge in [-0.05, 0) is 74.6 Å². The molecule has 1 atom stereocenters. The number of benzene rings is 2. The highest BCUT2D eigenvalue weighted by molar-refractivity contribution is 5.77. The molecule has 0 aromatic heterocycles. The van der Waals surface area contributed by atoms with Gasteiger partial charge in [0.2, 0.25) is 5.91 Å². The maximum absolute atomic E-state index is 12.0. The molecule has 2 aromatic carbocycles. The predicted molar refractivity (Wildman–Crippen MR) is 115 cm³/mol. The third kappa shape index (κ3) is 5.22. The van der Waals surface area contributed by atoms with Crippen molar-refractivity contribution in [1.29, 1.82) is 0 Å². The van der Waals surface area contributed by atoms with Crippen molar-refractivity contribution in [1.82, 2.24) is 5.32 Å². The number of hydrogen-bond donors (Lipinski definition) is 1. The lowest BCUT2D eigenvalue weighted by Crippen LogP contribution is -2.54. The first-order valence-electron chi connectivity index (χ1n) is 10.6. The summed E-state index contributed by atoms with van der Waals surface area (Å²) < 4.78 is 11.6. The Hall–Kier alpha value is -2.69. The van der Waals surface area contributed by atoms with Gasteiger partial charge in [0.15, 0.2) is 0 Å². The number of nitrogens with zero attached hydrogens (tertiary/aromatic N) is 1. The van der Waals surface area contributed by atoms with E-state index in [0.717, 1.165) is 30.2 Å². The topological polar surface area (TPSA) is 50.8 Å². The van der Waals surface area contributed by atoms with Crippen molar-refractivity contribution in [2.45, 2.75) is 45.3 Å². The Morgan fingerprint density at radius 2 is 1.72 bits per heavy atom. The Balaban J connectivity index is 1.23. The number of carbonyl (C=O) groups excluding carboxylic acids is 1. The molecule has 2 fully saturated rings. The zero-order valence-electron chi connectivity index (χ0n) is 17.3. The number of carbonyl (C=O) groups is 1. The van der Waals surface area contributed by atoms with E-state index in [9.17, 15) is 4.79 Å². The number of nitrogens with one attached hydrogen (secondary N) is 1. The van der Waals surface area contributed by atoms with Crippen molar-refractivity contribution in [2.24, 2.45) is 5.92 Å². The molecule has 154 valence electrons. The summed E-state index contributed by atoms with van der Waals surface area (Å²) in [6, 6.07) is 16.3. The molecule has 1 aliphatic heterocycles. The molecule has 2 aliphatic rings. The van der Waals surface area contributed by atoms with Gasteiger partial charge in [0.05, 0.1) is 25.7 Å². The van der Waals surface area contributed by atoms with Gasteiger partial charge in [0.1, 0.15) is 17.6 Å². The van der Waals surface area contributed by atoms with Crippen molar-refractivity contribution >= 4 is 11.6 Å². The lowest BCUT2D eigenvalue weighted by atomic mass is 10.1. The standard InChI is InChI=1S/C24H30N2O3/c1-3-28-21-12-8-20(9-13-21)26-15-23(16-26)29-22-10-6-19(7-11-22)17(2)25-24(27)14-18-4-5-18/h6-13,17-18,23H,3-5,14-16H2,1-2H3,(H,25,27)/t17-/m0/s1. The molecule has 2 aromatic rings. The van der Waals surface area contributed by atoms with Crippen LogP contribution in [0.3, 0.4) is 0 Å². The number of hydrogen-bond acceptors (Lipinski definition) is 4. The minimum absolute atomic E-state index is 0.0224. The molecule has 0 spiro atoms. The maximum atomic E-state index is 12.0. The number of rotatable bonds is 9. The first-order valence-corrected chi connectivity index (χ1v) is 10.6. The van der Waals surface area contributed by atoms with Crippen LogP contribution >= 0.6 is 0 Å². The Morgan fingerprint density at radius 3 is 2.34 bits per heavy atom. The summed E-state index contributed by atoms with van der Waals surface area (Å²) in [7, 11) is 0. The molecular weight excluding hydrogens is 364 g/mol. The van der Waals surface area contributed by atoms with Crippen LogP contribution in [-0.2, 0) is 4.79 Å². The van der Waals surface area contributed by atoms with Crippen LogP contribution in [0.2, 0.25) is 0 Å². The zero-order chi connectivity index (χ0) is 20.2. The van der Waals surface area contributed by atoms with Crippen molar-refractivity contribution in [3.05, 3.63) is 54.1 Å². The van der Waals surface area contributed by atoms with E-state index in [2.05, 4.69) is 22.3 Å². The molecule has 1 N–H and O–H groups in total. The summed E-state index contributed by atoms with van der Waals surface area (Å²) in [6.07, 6.45) is 3.26. The Bertz CT molecular complexity index is 809. The van der Waals surface area contributed by atoms with Crippen molar-refractivity contribution in [3.8, 4) is 11.5 Å².